The molecule has 0 bridgehead atoms. The Morgan fingerprint density at radius 2 is 1.13 bits per heavy atom. The molecule has 17 nitrogen and oxygen atoms in total. The molecule has 5 rings (SSSR count). The lowest BCUT2D eigenvalue weighted by atomic mass is 9.77. The zero-order valence-corrected chi connectivity index (χ0v) is 23.4. The summed E-state index contributed by atoms with van der Waals surface area (Å²) in [6.07, 6.45) is -9.23. The maximum Gasteiger partial charge on any atom is 0.514 e. The molecule has 3 aromatic rings. The molecule has 17 heteroatoms. The lowest BCUT2D eigenvalue weighted by molar-refractivity contribution is -0.153. The number of carbonyl (C=O) groups excluding carboxylic acids is 3. The predicted octanol–water partition coefficient (Wildman–Crippen LogP) is 3.14. The Kier molecular flexibility index (Phi) is 8.37. The molecule has 1 spiro atoms. The van der Waals surface area contributed by atoms with Gasteiger partial charge in [0.15, 0.2) is 5.60 Å². The summed E-state index contributed by atoms with van der Waals surface area (Å²) in [5.41, 5.74) is -0.516. The Bertz CT molecular complexity index is 1740. The van der Waals surface area contributed by atoms with Gasteiger partial charge in [-0.25, -0.2) is 24.0 Å². The van der Waals surface area contributed by atoms with Crippen molar-refractivity contribution in [2.75, 3.05) is 0 Å². The van der Waals surface area contributed by atoms with Crippen LogP contribution in [0.4, 0.5) is 9.59 Å². The highest BCUT2D eigenvalue weighted by molar-refractivity contribution is 5.97. The minimum absolute atomic E-state index is 0.0558. The summed E-state index contributed by atoms with van der Waals surface area (Å²) in [6.45, 7) is 0. The van der Waals surface area contributed by atoms with E-state index in [4.69, 9.17) is 39.4 Å². The molecule has 0 aromatic heterocycles. The maximum absolute atomic E-state index is 13.0. The maximum atomic E-state index is 13.0. The van der Waals surface area contributed by atoms with Crippen molar-refractivity contribution < 1.29 is 82.4 Å². The molecule has 2 atom stereocenters. The van der Waals surface area contributed by atoms with Gasteiger partial charge in [-0.15, -0.1) is 0 Å². The molecule has 0 amide bonds. The van der Waals surface area contributed by atoms with Gasteiger partial charge in [-0.05, 0) is 30.3 Å². The Balaban J connectivity index is 1.49. The van der Waals surface area contributed by atoms with Crippen molar-refractivity contribution in [1.82, 2.24) is 0 Å². The van der Waals surface area contributed by atoms with Crippen molar-refractivity contribution in [3.8, 4) is 23.0 Å². The van der Waals surface area contributed by atoms with Crippen LogP contribution in [0.3, 0.4) is 0 Å². The number of benzene rings is 3. The molecular formula is C30H20O17. The number of ether oxygens (including phenoxy) is 6. The van der Waals surface area contributed by atoms with Gasteiger partial charge in [0.25, 0.3) is 0 Å². The number of rotatable bonds is 10. The van der Waals surface area contributed by atoms with Gasteiger partial charge in [-0.1, -0.05) is 18.2 Å². The molecule has 0 fully saturated rings. The lowest BCUT2D eigenvalue weighted by Crippen LogP contribution is -2.33. The van der Waals surface area contributed by atoms with Crippen LogP contribution >= 0.6 is 0 Å². The van der Waals surface area contributed by atoms with E-state index in [0.29, 0.717) is 5.56 Å². The summed E-state index contributed by atoms with van der Waals surface area (Å²) < 4.78 is 31.3. The second kappa shape index (κ2) is 12.4. The molecule has 0 saturated carbocycles. The van der Waals surface area contributed by atoms with Crippen molar-refractivity contribution in [2.45, 2.75) is 30.7 Å². The van der Waals surface area contributed by atoms with Gasteiger partial charge in [0, 0.05) is 28.8 Å². The zero-order valence-electron chi connectivity index (χ0n) is 23.4. The summed E-state index contributed by atoms with van der Waals surface area (Å²) in [4.78, 5) is 82.1. The quantitative estimate of drug-likeness (QED) is 0.139. The van der Waals surface area contributed by atoms with Gasteiger partial charge >= 0.3 is 42.2 Å². The number of hydrogen-bond acceptors (Lipinski definition) is 13. The van der Waals surface area contributed by atoms with E-state index >= 15 is 0 Å². The minimum Gasteiger partial charge on any atom is -0.481 e. The molecule has 242 valence electrons. The van der Waals surface area contributed by atoms with Crippen molar-refractivity contribution >= 4 is 42.2 Å². The van der Waals surface area contributed by atoms with E-state index in [1.165, 1.54) is 42.5 Å². The number of hydrogen-bond donors (Lipinski definition) is 4. The first-order chi connectivity index (χ1) is 22.3. The second-order valence-electron chi connectivity index (χ2n) is 9.82. The van der Waals surface area contributed by atoms with Crippen LogP contribution in [0.1, 0.15) is 39.9 Å². The third-order valence-corrected chi connectivity index (χ3v) is 6.81. The highest BCUT2D eigenvalue weighted by atomic mass is 16.7. The van der Waals surface area contributed by atoms with Crippen molar-refractivity contribution in [3.63, 3.8) is 0 Å². The molecule has 0 aliphatic carbocycles. The smallest absolute Gasteiger partial charge is 0.481 e. The summed E-state index contributed by atoms with van der Waals surface area (Å²) in [6, 6.07) is 14.1. The Hall–Kier alpha value is -6.65. The van der Waals surface area contributed by atoms with Gasteiger partial charge in [0.05, 0.1) is 18.4 Å². The molecule has 0 saturated heterocycles. The van der Waals surface area contributed by atoms with E-state index in [-0.39, 0.29) is 39.7 Å². The number of carboxylic acids is 4. The first-order valence-electron chi connectivity index (χ1n) is 13.2. The number of carboxylic acid groups (broad SMARTS) is 4. The van der Waals surface area contributed by atoms with Gasteiger partial charge in [0.1, 0.15) is 23.0 Å². The van der Waals surface area contributed by atoms with Crippen molar-refractivity contribution in [2.24, 2.45) is 0 Å². The van der Waals surface area contributed by atoms with Crippen molar-refractivity contribution in [1.29, 1.82) is 0 Å². The summed E-state index contributed by atoms with van der Waals surface area (Å²) in [5, 5.41) is 36.0. The van der Waals surface area contributed by atoms with Crippen LogP contribution in [0.25, 0.3) is 0 Å². The molecule has 2 heterocycles. The summed E-state index contributed by atoms with van der Waals surface area (Å²) in [7, 11) is 0. The lowest BCUT2D eigenvalue weighted by Gasteiger charge is -2.36. The van der Waals surface area contributed by atoms with Crippen LogP contribution in [-0.4, -0.2) is 74.8 Å². The largest absolute Gasteiger partial charge is 0.514 e. The molecule has 47 heavy (non-hydrogen) atoms. The number of esters is 1. The number of aliphatic carboxylic acids is 4. The monoisotopic (exact) mass is 652 g/mol. The Labute approximate surface area is 261 Å². The minimum atomic E-state index is -2.04. The second-order valence-corrected chi connectivity index (χ2v) is 9.82. The first kappa shape index (κ1) is 31.8. The van der Waals surface area contributed by atoms with Gasteiger partial charge in [-0.2, -0.15) is 0 Å². The molecule has 2 aliphatic heterocycles. The molecule has 0 radical (unpaired) electrons. The fourth-order valence-electron chi connectivity index (χ4n) is 4.91. The fourth-order valence-corrected chi connectivity index (χ4v) is 4.91. The topological polar surface area (TPSA) is 256 Å². The normalized spacial score (nSPS) is 14.5. The Morgan fingerprint density at radius 1 is 0.660 bits per heavy atom. The highest BCUT2D eigenvalue weighted by Gasteiger charge is 2.53. The molecule has 0 unspecified atom stereocenters. The van der Waals surface area contributed by atoms with E-state index in [2.05, 4.69) is 9.47 Å². The van der Waals surface area contributed by atoms with Crippen LogP contribution in [0, 0.1) is 0 Å². The third-order valence-electron chi connectivity index (χ3n) is 6.81. The fraction of sp³-hybridized carbons (Fsp3) is 0.167. The van der Waals surface area contributed by atoms with E-state index in [0.717, 1.165) is 0 Å². The average Bonchev–Trinajstić information content (AvgIpc) is 3.28. The summed E-state index contributed by atoms with van der Waals surface area (Å²) in [5.74, 6) is -7.83. The van der Waals surface area contributed by atoms with E-state index in [1.807, 2.05) is 0 Å². The standard InChI is InChI=1S/C30H20O17/c31-23(32)11-21(25(35)36)45-28(40)42-13-5-7-17-19(9-13)44-20-10-14(43-29(41)46-22(26(37)38)12-24(33)34)6-8-18(20)30(17)16-4-2-1-3-15(16)27(39)47-30/h1-10,21-22H,11-12H2,(H,31,32)(H,33,34)(H,35,36)(H,37,38)/t21-,22-/m0/s1. The zero-order chi connectivity index (χ0) is 34.0. The third kappa shape index (κ3) is 6.30. The van der Waals surface area contributed by atoms with Crippen LogP contribution in [0.2, 0.25) is 0 Å². The molecular weight excluding hydrogens is 632 g/mol. The van der Waals surface area contributed by atoms with Gasteiger partial charge < -0.3 is 48.8 Å². The van der Waals surface area contributed by atoms with Gasteiger partial charge in [-0.3, -0.25) is 9.59 Å². The van der Waals surface area contributed by atoms with Crippen LogP contribution < -0.4 is 14.2 Å². The van der Waals surface area contributed by atoms with Crippen LogP contribution in [0.5, 0.6) is 23.0 Å². The molecule has 4 N–H and O–H groups in total. The van der Waals surface area contributed by atoms with E-state index in [9.17, 15) is 33.6 Å². The molecule has 2 aliphatic rings. The molecule has 3 aromatic carbocycles. The van der Waals surface area contributed by atoms with E-state index in [1.54, 1.807) is 18.2 Å². The first-order valence-corrected chi connectivity index (χ1v) is 13.2. The average molecular weight is 652 g/mol. The Morgan fingerprint density at radius 3 is 1.57 bits per heavy atom. The highest BCUT2D eigenvalue weighted by Crippen LogP contribution is 2.57. The SMILES string of the molecule is O=C(O)C[C@H](OC(=O)Oc1ccc2c(c1)Oc1cc(OC(=O)O[C@@H](CC(=O)O)C(=O)O)ccc1C21OC(=O)c2ccccc21)C(=O)O. The van der Waals surface area contributed by atoms with E-state index < -0.39 is 72.8 Å². The van der Waals surface area contributed by atoms with Crippen molar-refractivity contribution in [3.05, 3.63) is 82.9 Å². The van der Waals surface area contributed by atoms with Gasteiger partial charge in [0.2, 0.25) is 12.2 Å². The van der Waals surface area contributed by atoms with Crippen LogP contribution in [-0.2, 0) is 39.0 Å². The number of fused-ring (bicyclic) bond motifs is 6. The van der Waals surface area contributed by atoms with Crippen LogP contribution in [0.15, 0.2) is 60.7 Å². The number of carbonyl (C=O) groups is 7. The predicted molar refractivity (Wildman–Crippen MR) is 146 cm³/mol. The summed E-state index contributed by atoms with van der Waals surface area (Å²) >= 11 is 0.